The van der Waals surface area contributed by atoms with Crippen LogP contribution < -0.4 is 9.47 Å². The van der Waals surface area contributed by atoms with Gasteiger partial charge < -0.3 is 18.9 Å². The van der Waals surface area contributed by atoms with Gasteiger partial charge in [-0.25, -0.2) is 0 Å². The van der Waals surface area contributed by atoms with Crippen molar-refractivity contribution in [3.05, 3.63) is 59.5 Å². The van der Waals surface area contributed by atoms with Crippen LogP contribution in [0.3, 0.4) is 0 Å². The first kappa shape index (κ1) is 20.4. The molecular formula is C22H25N3O4. The molecule has 3 rings (SSSR count). The third-order valence-electron chi connectivity index (χ3n) is 4.55. The quantitative estimate of drug-likeness (QED) is 0.606. The van der Waals surface area contributed by atoms with E-state index in [1.807, 2.05) is 56.3 Å². The second kappa shape index (κ2) is 8.77. The number of ether oxygens (including phenoxy) is 2. The van der Waals surface area contributed by atoms with Gasteiger partial charge >= 0.3 is 0 Å². The average Bonchev–Trinajstić information content (AvgIpc) is 3.17. The van der Waals surface area contributed by atoms with E-state index in [0.717, 1.165) is 22.4 Å². The maximum atomic E-state index is 12.7. The minimum absolute atomic E-state index is 0.172. The maximum Gasteiger partial charge on any atom is 0.263 e. The molecule has 0 unspecified atom stereocenters. The van der Waals surface area contributed by atoms with Crippen molar-refractivity contribution < 1.29 is 18.8 Å². The molecule has 0 saturated carbocycles. The van der Waals surface area contributed by atoms with Gasteiger partial charge in [-0.2, -0.15) is 4.98 Å². The Kier molecular flexibility index (Phi) is 6.16. The predicted molar refractivity (Wildman–Crippen MR) is 109 cm³/mol. The molecule has 0 N–H and O–H groups in total. The number of amides is 1. The van der Waals surface area contributed by atoms with E-state index >= 15 is 0 Å². The van der Waals surface area contributed by atoms with Crippen LogP contribution in [0.1, 0.15) is 23.9 Å². The van der Waals surface area contributed by atoms with E-state index in [1.54, 1.807) is 21.1 Å². The van der Waals surface area contributed by atoms with Gasteiger partial charge in [0.15, 0.2) is 6.10 Å². The van der Waals surface area contributed by atoms with Gasteiger partial charge in [0.05, 0.1) is 13.7 Å². The number of nitrogens with zero attached hydrogens (tertiary/aromatic N) is 3. The van der Waals surface area contributed by atoms with Crippen molar-refractivity contribution in [3.63, 3.8) is 0 Å². The fraction of sp³-hybridized carbons (Fsp3) is 0.318. The fourth-order valence-corrected chi connectivity index (χ4v) is 2.94. The first-order valence-corrected chi connectivity index (χ1v) is 9.33. The zero-order valence-corrected chi connectivity index (χ0v) is 17.3. The van der Waals surface area contributed by atoms with Crippen molar-refractivity contribution in [3.8, 4) is 22.9 Å². The summed E-state index contributed by atoms with van der Waals surface area (Å²) in [5.41, 5.74) is 2.95. The number of benzene rings is 2. The normalized spacial score (nSPS) is 11.8. The van der Waals surface area contributed by atoms with Crippen LogP contribution in [0.4, 0.5) is 0 Å². The van der Waals surface area contributed by atoms with Crippen molar-refractivity contribution in [1.82, 2.24) is 15.0 Å². The fourth-order valence-electron chi connectivity index (χ4n) is 2.94. The van der Waals surface area contributed by atoms with E-state index in [9.17, 15) is 4.79 Å². The smallest absolute Gasteiger partial charge is 0.263 e. The lowest BCUT2D eigenvalue weighted by Gasteiger charge is -2.21. The second-order valence-electron chi connectivity index (χ2n) is 6.96. The first-order valence-electron chi connectivity index (χ1n) is 9.33. The van der Waals surface area contributed by atoms with Crippen molar-refractivity contribution in [1.29, 1.82) is 0 Å². The van der Waals surface area contributed by atoms with E-state index in [0.29, 0.717) is 17.5 Å². The van der Waals surface area contributed by atoms with Crippen LogP contribution in [0.15, 0.2) is 47.0 Å². The molecule has 0 aliphatic heterocycles. The summed E-state index contributed by atoms with van der Waals surface area (Å²) in [5, 5.41) is 3.99. The molecular weight excluding hydrogens is 370 g/mol. The van der Waals surface area contributed by atoms with Crippen molar-refractivity contribution in [2.75, 3.05) is 14.2 Å². The molecule has 29 heavy (non-hydrogen) atoms. The molecule has 0 bridgehead atoms. The van der Waals surface area contributed by atoms with Crippen molar-refractivity contribution >= 4 is 5.91 Å². The molecule has 152 valence electrons. The molecule has 1 heterocycles. The summed E-state index contributed by atoms with van der Waals surface area (Å²) in [4.78, 5) is 18.6. The monoisotopic (exact) mass is 395 g/mol. The number of hydrogen-bond donors (Lipinski definition) is 0. The molecule has 1 atom stereocenters. The molecule has 0 saturated heterocycles. The Balaban J connectivity index is 1.62. The Morgan fingerprint density at radius 3 is 2.55 bits per heavy atom. The largest absolute Gasteiger partial charge is 0.497 e. The first-order chi connectivity index (χ1) is 13.9. The third-order valence-corrected chi connectivity index (χ3v) is 4.55. The van der Waals surface area contributed by atoms with Crippen LogP contribution in [-0.2, 0) is 11.3 Å². The lowest BCUT2D eigenvalue weighted by molar-refractivity contribution is -0.137. The van der Waals surface area contributed by atoms with E-state index in [2.05, 4.69) is 10.1 Å². The maximum absolute atomic E-state index is 12.7. The Morgan fingerprint density at radius 2 is 1.90 bits per heavy atom. The van der Waals surface area contributed by atoms with Gasteiger partial charge in [-0.1, -0.05) is 22.9 Å². The van der Waals surface area contributed by atoms with Gasteiger partial charge in [0.1, 0.15) is 11.5 Å². The zero-order valence-electron chi connectivity index (χ0n) is 17.3. The van der Waals surface area contributed by atoms with Crippen molar-refractivity contribution in [2.45, 2.75) is 33.4 Å². The number of likely N-dealkylation sites (N-methyl/N-ethyl adjacent to an activating group) is 1. The summed E-state index contributed by atoms with van der Waals surface area (Å²) in [6.07, 6.45) is -0.634. The Bertz CT molecular complexity index is 982. The summed E-state index contributed by atoms with van der Waals surface area (Å²) in [6.45, 7) is 5.91. The van der Waals surface area contributed by atoms with Gasteiger partial charge in [0.2, 0.25) is 11.7 Å². The molecule has 1 amide bonds. The number of hydrogen-bond acceptors (Lipinski definition) is 6. The lowest BCUT2D eigenvalue weighted by atomic mass is 10.1. The van der Waals surface area contributed by atoms with Crippen LogP contribution in [0.25, 0.3) is 11.4 Å². The molecule has 0 aliphatic rings. The Labute approximate surface area is 170 Å². The zero-order chi connectivity index (χ0) is 21.0. The van der Waals surface area contributed by atoms with Gasteiger partial charge in [0.25, 0.3) is 5.91 Å². The van der Waals surface area contributed by atoms with Crippen LogP contribution in [0.5, 0.6) is 11.5 Å². The molecule has 2 aromatic carbocycles. The second-order valence-corrected chi connectivity index (χ2v) is 6.96. The molecule has 0 fully saturated rings. The van der Waals surface area contributed by atoms with E-state index in [4.69, 9.17) is 14.0 Å². The van der Waals surface area contributed by atoms with Gasteiger partial charge in [-0.05, 0) is 56.7 Å². The number of aromatic nitrogens is 2. The highest BCUT2D eigenvalue weighted by Gasteiger charge is 2.22. The minimum atomic E-state index is -0.634. The lowest BCUT2D eigenvalue weighted by Crippen LogP contribution is -2.37. The number of carbonyl (C=O) groups is 1. The molecule has 0 aliphatic carbocycles. The Hall–Kier alpha value is -3.35. The topological polar surface area (TPSA) is 77.7 Å². The van der Waals surface area contributed by atoms with Gasteiger partial charge in [-0.15, -0.1) is 0 Å². The Morgan fingerprint density at radius 1 is 1.17 bits per heavy atom. The van der Waals surface area contributed by atoms with Gasteiger partial charge in [0, 0.05) is 12.6 Å². The predicted octanol–water partition coefficient (Wildman–Crippen LogP) is 3.79. The molecule has 1 aromatic heterocycles. The number of carbonyl (C=O) groups excluding carboxylic acids is 1. The molecule has 7 nitrogen and oxygen atoms in total. The van der Waals surface area contributed by atoms with E-state index in [-0.39, 0.29) is 12.5 Å². The molecule has 0 spiro atoms. The number of rotatable bonds is 7. The third kappa shape index (κ3) is 4.93. The van der Waals surface area contributed by atoms with Crippen molar-refractivity contribution in [2.24, 2.45) is 0 Å². The highest BCUT2D eigenvalue weighted by Crippen LogP contribution is 2.22. The van der Waals surface area contributed by atoms with Crippen LogP contribution in [-0.4, -0.2) is 41.2 Å². The highest BCUT2D eigenvalue weighted by atomic mass is 16.5. The average molecular weight is 395 g/mol. The molecule has 7 heteroatoms. The molecule has 3 aromatic rings. The van der Waals surface area contributed by atoms with E-state index in [1.165, 1.54) is 4.90 Å². The molecule has 0 radical (unpaired) electrons. The van der Waals surface area contributed by atoms with Crippen LogP contribution in [0.2, 0.25) is 0 Å². The number of methoxy groups -OCH3 is 1. The van der Waals surface area contributed by atoms with Crippen LogP contribution >= 0.6 is 0 Å². The summed E-state index contributed by atoms with van der Waals surface area (Å²) < 4.78 is 16.3. The highest BCUT2D eigenvalue weighted by molar-refractivity contribution is 5.80. The minimum Gasteiger partial charge on any atom is -0.497 e. The van der Waals surface area contributed by atoms with Crippen LogP contribution in [0, 0.1) is 13.8 Å². The summed E-state index contributed by atoms with van der Waals surface area (Å²) >= 11 is 0. The van der Waals surface area contributed by atoms with E-state index < -0.39 is 6.10 Å². The van der Waals surface area contributed by atoms with Gasteiger partial charge in [-0.3, -0.25) is 4.79 Å². The summed E-state index contributed by atoms with van der Waals surface area (Å²) in [7, 11) is 3.29. The summed E-state index contributed by atoms with van der Waals surface area (Å²) in [5.74, 6) is 2.09. The SMILES string of the molecule is COc1ccc(-c2noc(CN(C)C(=O)[C@@H](C)Oc3ccc(C)cc3C)n2)cc1. The summed E-state index contributed by atoms with van der Waals surface area (Å²) in [6, 6.07) is 13.2. The standard InChI is InChI=1S/C22H25N3O4/c1-14-6-11-19(15(2)12-14)28-16(3)22(26)25(4)13-20-23-21(24-29-20)17-7-9-18(27-5)10-8-17/h6-12,16H,13H2,1-5H3/t16-/m1/s1. The number of aryl methyl sites for hydroxylation is 2.